The topological polar surface area (TPSA) is 81.0 Å². The van der Waals surface area contributed by atoms with Crippen molar-refractivity contribution in [1.29, 1.82) is 0 Å². The molecule has 0 saturated heterocycles. The Morgan fingerprint density at radius 2 is 2.35 bits per heavy atom. The van der Waals surface area contributed by atoms with Crippen molar-refractivity contribution in [1.82, 2.24) is 9.59 Å². The normalized spacial score (nSPS) is 10.2. The van der Waals surface area contributed by atoms with Gasteiger partial charge in [0.1, 0.15) is 5.69 Å². The molecule has 0 atom stereocenters. The van der Waals surface area contributed by atoms with Gasteiger partial charge in [-0.15, -0.1) is 5.10 Å². The smallest absolute Gasteiger partial charge is 0.295 e. The van der Waals surface area contributed by atoms with Crippen LogP contribution in [0.5, 0.6) is 0 Å². The minimum atomic E-state index is -0.664. The highest BCUT2D eigenvalue weighted by Gasteiger charge is 2.17. The number of halogens is 1. The summed E-state index contributed by atoms with van der Waals surface area (Å²) in [5.41, 5.74) is 0.172. The molecule has 0 bridgehead atoms. The van der Waals surface area contributed by atoms with Gasteiger partial charge in [0.2, 0.25) is 0 Å². The minimum Gasteiger partial charge on any atom is -0.371 e. The summed E-state index contributed by atoms with van der Waals surface area (Å²) < 4.78 is 17.1. The van der Waals surface area contributed by atoms with E-state index in [1.54, 1.807) is 5.38 Å². The molecule has 1 N–H and O–H groups in total. The zero-order valence-corrected chi connectivity index (χ0v) is 9.28. The first-order chi connectivity index (χ1) is 8.18. The molecule has 0 fully saturated rings. The SMILES string of the molecule is O=[N+]([O-])c1cccc(F)c1NCc1csnn1. The average Bonchev–Trinajstić information content (AvgIpc) is 2.80. The van der Waals surface area contributed by atoms with Gasteiger partial charge in [0.05, 0.1) is 17.2 Å². The molecule has 88 valence electrons. The molecule has 1 aromatic carbocycles. The van der Waals surface area contributed by atoms with Crippen LogP contribution in [-0.4, -0.2) is 14.5 Å². The van der Waals surface area contributed by atoms with E-state index >= 15 is 0 Å². The van der Waals surface area contributed by atoms with E-state index in [2.05, 4.69) is 14.9 Å². The molecular weight excluding hydrogens is 247 g/mol. The van der Waals surface area contributed by atoms with Crippen molar-refractivity contribution >= 4 is 22.9 Å². The fourth-order valence-electron chi connectivity index (χ4n) is 1.28. The van der Waals surface area contributed by atoms with E-state index < -0.39 is 10.7 Å². The van der Waals surface area contributed by atoms with Crippen molar-refractivity contribution in [3.05, 3.63) is 45.2 Å². The molecule has 2 rings (SSSR count). The average molecular weight is 254 g/mol. The molecule has 8 heteroatoms. The summed E-state index contributed by atoms with van der Waals surface area (Å²) in [7, 11) is 0. The molecule has 1 heterocycles. The van der Waals surface area contributed by atoms with Crippen LogP contribution in [0.2, 0.25) is 0 Å². The summed E-state index contributed by atoms with van der Waals surface area (Å²) in [6.07, 6.45) is 0. The fraction of sp³-hybridized carbons (Fsp3) is 0.111. The molecule has 0 saturated carbocycles. The van der Waals surface area contributed by atoms with Crippen LogP contribution in [0, 0.1) is 15.9 Å². The molecule has 0 aliphatic heterocycles. The lowest BCUT2D eigenvalue weighted by molar-refractivity contribution is -0.384. The Morgan fingerprint density at radius 3 is 3.00 bits per heavy atom. The van der Waals surface area contributed by atoms with Crippen LogP contribution in [-0.2, 0) is 6.54 Å². The van der Waals surface area contributed by atoms with E-state index in [0.717, 1.165) is 17.6 Å². The predicted molar refractivity (Wildman–Crippen MR) is 60.3 cm³/mol. The summed E-state index contributed by atoms with van der Waals surface area (Å²) in [6, 6.07) is 3.70. The minimum absolute atomic E-state index is 0.134. The van der Waals surface area contributed by atoms with Crippen molar-refractivity contribution in [2.45, 2.75) is 6.54 Å². The van der Waals surface area contributed by atoms with Gasteiger partial charge in [-0.2, -0.15) is 0 Å². The van der Waals surface area contributed by atoms with Crippen LogP contribution < -0.4 is 5.32 Å². The molecule has 1 aromatic heterocycles. The molecule has 17 heavy (non-hydrogen) atoms. The summed E-state index contributed by atoms with van der Waals surface area (Å²) >= 11 is 1.16. The number of anilines is 1. The summed E-state index contributed by atoms with van der Waals surface area (Å²) in [5.74, 6) is -0.664. The van der Waals surface area contributed by atoms with Crippen molar-refractivity contribution in [2.75, 3.05) is 5.32 Å². The Kier molecular flexibility index (Phi) is 3.24. The molecule has 0 amide bonds. The van der Waals surface area contributed by atoms with Crippen LogP contribution in [0.3, 0.4) is 0 Å². The first-order valence-corrected chi connectivity index (χ1v) is 5.45. The van der Waals surface area contributed by atoms with Crippen molar-refractivity contribution in [2.24, 2.45) is 0 Å². The maximum absolute atomic E-state index is 13.4. The number of nitrogens with one attached hydrogen (secondary N) is 1. The number of aromatic nitrogens is 2. The molecule has 0 aliphatic carbocycles. The van der Waals surface area contributed by atoms with Crippen LogP contribution in [0.1, 0.15) is 5.69 Å². The van der Waals surface area contributed by atoms with E-state index in [1.165, 1.54) is 12.1 Å². The maximum Gasteiger partial charge on any atom is 0.295 e. The second-order valence-electron chi connectivity index (χ2n) is 3.14. The van der Waals surface area contributed by atoms with E-state index in [4.69, 9.17) is 0 Å². The quantitative estimate of drug-likeness (QED) is 0.668. The number of nitro benzene ring substituents is 1. The summed E-state index contributed by atoms with van der Waals surface area (Å²) in [6.45, 7) is 0.193. The number of nitrogens with zero attached hydrogens (tertiary/aromatic N) is 3. The third kappa shape index (κ3) is 2.53. The second-order valence-corrected chi connectivity index (χ2v) is 3.75. The third-order valence-corrected chi connectivity index (χ3v) is 2.59. The van der Waals surface area contributed by atoms with Crippen LogP contribution in [0.15, 0.2) is 23.6 Å². The first-order valence-electron chi connectivity index (χ1n) is 4.61. The number of hydrogen-bond acceptors (Lipinski definition) is 6. The lowest BCUT2D eigenvalue weighted by atomic mass is 10.2. The van der Waals surface area contributed by atoms with Gasteiger partial charge in [-0.3, -0.25) is 10.1 Å². The summed E-state index contributed by atoms with van der Waals surface area (Å²) in [5, 5.41) is 18.8. The molecule has 6 nitrogen and oxygen atoms in total. The number of rotatable bonds is 4. The van der Waals surface area contributed by atoms with Gasteiger partial charge in [0.25, 0.3) is 5.69 Å². The van der Waals surface area contributed by atoms with E-state index in [0.29, 0.717) is 5.69 Å². The van der Waals surface area contributed by atoms with Gasteiger partial charge in [-0.05, 0) is 17.6 Å². The van der Waals surface area contributed by atoms with Crippen molar-refractivity contribution in [3.63, 3.8) is 0 Å². The first kappa shape index (κ1) is 11.4. The van der Waals surface area contributed by atoms with Gasteiger partial charge in [-0.25, -0.2) is 4.39 Å². The highest BCUT2D eigenvalue weighted by Crippen LogP contribution is 2.27. The number of hydrogen-bond donors (Lipinski definition) is 1. The third-order valence-electron chi connectivity index (χ3n) is 2.04. The zero-order valence-electron chi connectivity index (χ0n) is 8.46. The predicted octanol–water partition coefficient (Wildman–Crippen LogP) is 2.20. The molecule has 0 spiro atoms. The maximum atomic E-state index is 13.4. The molecule has 0 radical (unpaired) electrons. The number of para-hydroxylation sites is 1. The van der Waals surface area contributed by atoms with E-state index in [-0.39, 0.29) is 17.9 Å². The number of benzene rings is 1. The second kappa shape index (κ2) is 4.83. The Labute approximate surface area is 99.4 Å². The Morgan fingerprint density at radius 1 is 1.53 bits per heavy atom. The van der Waals surface area contributed by atoms with Crippen molar-refractivity contribution < 1.29 is 9.31 Å². The molecular formula is C9H7FN4O2S. The van der Waals surface area contributed by atoms with E-state index in [1.807, 2.05) is 0 Å². The fourth-order valence-corrected chi connectivity index (χ4v) is 1.73. The summed E-state index contributed by atoms with van der Waals surface area (Å²) in [4.78, 5) is 10.1. The van der Waals surface area contributed by atoms with Gasteiger partial charge in [-0.1, -0.05) is 10.6 Å². The largest absolute Gasteiger partial charge is 0.371 e. The molecule has 0 aliphatic rings. The molecule has 0 unspecified atom stereocenters. The van der Waals surface area contributed by atoms with Crippen LogP contribution in [0.25, 0.3) is 0 Å². The van der Waals surface area contributed by atoms with Crippen molar-refractivity contribution in [3.8, 4) is 0 Å². The molecule has 2 aromatic rings. The van der Waals surface area contributed by atoms with Gasteiger partial charge in [0.15, 0.2) is 5.82 Å². The Balaban J connectivity index is 2.22. The van der Waals surface area contributed by atoms with Crippen LogP contribution in [0.4, 0.5) is 15.8 Å². The number of nitro groups is 1. The van der Waals surface area contributed by atoms with Gasteiger partial charge >= 0.3 is 0 Å². The lowest BCUT2D eigenvalue weighted by Crippen LogP contribution is -2.05. The van der Waals surface area contributed by atoms with Crippen LogP contribution >= 0.6 is 11.5 Å². The Bertz CT molecular complexity index is 532. The van der Waals surface area contributed by atoms with Gasteiger partial charge in [0, 0.05) is 11.4 Å². The highest BCUT2D eigenvalue weighted by atomic mass is 32.1. The standard InChI is InChI=1S/C9H7FN4O2S/c10-7-2-1-3-8(14(15)16)9(7)11-4-6-5-17-13-12-6/h1-3,5,11H,4H2. The van der Waals surface area contributed by atoms with E-state index in [9.17, 15) is 14.5 Å². The lowest BCUT2D eigenvalue weighted by Gasteiger charge is -2.05. The highest BCUT2D eigenvalue weighted by molar-refractivity contribution is 7.03. The zero-order chi connectivity index (χ0) is 12.3. The van der Waals surface area contributed by atoms with Gasteiger partial charge < -0.3 is 5.32 Å². The Hall–Kier alpha value is -2.09. The monoisotopic (exact) mass is 254 g/mol.